The summed E-state index contributed by atoms with van der Waals surface area (Å²) in [6, 6.07) is 5.53. The molecule has 0 saturated heterocycles. The third-order valence-electron chi connectivity index (χ3n) is 2.63. The van der Waals surface area contributed by atoms with Gasteiger partial charge in [0.1, 0.15) is 0 Å². The largest absolute Gasteiger partial charge is 0.324 e. The number of nitrogens with two attached hydrogens (primary N) is 1. The van der Waals surface area contributed by atoms with Crippen LogP contribution in [0, 0.1) is 5.92 Å². The van der Waals surface area contributed by atoms with Gasteiger partial charge in [-0.3, -0.25) is 0 Å². The lowest BCUT2D eigenvalue weighted by Gasteiger charge is -2.20. The Labute approximate surface area is 102 Å². The topological polar surface area (TPSA) is 26.0 Å². The molecule has 0 saturated carbocycles. The van der Waals surface area contributed by atoms with Gasteiger partial charge in [-0.25, -0.2) is 0 Å². The first kappa shape index (κ1) is 12.8. The van der Waals surface area contributed by atoms with E-state index in [2.05, 4.69) is 13.8 Å². The number of benzene rings is 1. The molecule has 84 valence electrons. The number of hydrogen-bond acceptors (Lipinski definition) is 1. The maximum absolute atomic E-state index is 6.15. The Balaban J connectivity index is 2.85. The van der Waals surface area contributed by atoms with Gasteiger partial charge in [-0.15, -0.1) is 0 Å². The van der Waals surface area contributed by atoms with E-state index in [0.717, 1.165) is 18.4 Å². The Hall–Kier alpha value is -0.240. The summed E-state index contributed by atoms with van der Waals surface area (Å²) >= 11 is 11.9. The van der Waals surface area contributed by atoms with Crippen LogP contribution in [0.1, 0.15) is 38.3 Å². The first-order valence-corrected chi connectivity index (χ1v) is 6.01. The van der Waals surface area contributed by atoms with Crippen LogP contribution in [0.25, 0.3) is 0 Å². The van der Waals surface area contributed by atoms with E-state index in [0.29, 0.717) is 16.0 Å². The van der Waals surface area contributed by atoms with Crippen LogP contribution in [0.15, 0.2) is 18.2 Å². The molecule has 0 spiro atoms. The van der Waals surface area contributed by atoms with Gasteiger partial charge in [0.05, 0.1) is 0 Å². The van der Waals surface area contributed by atoms with Crippen molar-refractivity contribution in [3.8, 4) is 0 Å². The maximum atomic E-state index is 6.15. The molecule has 1 aromatic rings. The van der Waals surface area contributed by atoms with E-state index in [1.165, 1.54) is 0 Å². The van der Waals surface area contributed by atoms with Crippen LogP contribution in [0.4, 0.5) is 0 Å². The molecule has 0 aliphatic heterocycles. The van der Waals surface area contributed by atoms with Crippen LogP contribution in [0.2, 0.25) is 10.0 Å². The summed E-state index contributed by atoms with van der Waals surface area (Å²) < 4.78 is 0. The number of halogens is 2. The quantitative estimate of drug-likeness (QED) is 0.835. The van der Waals surface area contributed by atoms with Crippen LogP contribution in [-0.2, 0) is 0 Å². The van der Waals surface area contributed by atoms with E-state index < -0.39 is 0 Å². The summed E-state index contributed by atoms with van der Waals surface area (Å²) in [7, 11) is 0. The lowest BCUT2D eigenvalue weighted by molar-refractivity contribution is 0.434. The molecule has 1 rings (SSSR count). The lowest BCUT2D eigenvalue weighted by atomic mass is 9.92. The summed E-state index contributed by atoms with van der Waals surface area (Å²) in [5, 5.41) is 1.30. The Morgan fingerprint density at radius 3 is 2.20 bits per heavy atom. The van der Waals surface area contributed by atoms with Crippen molar-refractivity contribution in [1.29, 1.82) is 0 Å². The second kappa shape index (κ2) is 5.74. The molecule has 0 fully saturated rings. The molecule has 1 nitrogen and oxygen atoms in total. The van der Waals surface area contributed by atoms with Crippen LogP contribution >= 0.6 is 23.2 Å². The van der Waals surface area contributed by atoms with E-state index >= 15 is 0 Å². The third kappa shape index (κ3) is 3.67. The molecular weight excluding hydrogens is 229 g/mol. The Kier molecular flexibility index (Phi) is 4.91. The fourth-order valence-electron chi connectivity index (χ4n) is 1.73. The zero-order chi connectivity index (χ0) is 11.4. The molecule has 2 atom stereocenters. The Morgan fingerprint density at radius 1 is 1.20 bits per heavy atom. The van der Waals surface area contributed by atoms with Gasteiger partial charge in [0.2, 0.25) is 0 Å². The minimum absolute atomic E-state index is 0.0150. The zero-order valence-electron chi connectivity index (χ0n) is 9.13. The summed E-state index contributed by atoms with van der Waals surface area (Å²) in [4.78, 5) is 0. The molecule has 15 heavy (non-hydrogen) atoms. The highest BCUT2D eigenvalue weighted by molar-refractivity contribution is 6.34. The van der Waals surface area contributed by atoms with E-state index in [4.69, 9.17) is 28.9 Å². The molecule has 0 amide bonds. The second-order valence-corrected chi connectivity index (χ2v) is 4.87. The average Bonchev–Trinajstić information content (AvgIpc) is 2.15. The molecule has 0 aliphatic carbocycles. The minimum atomic E-state index is 0.0150. The monoisotopic (exact) mass is 245 g/mol. The first-order chi connectivity index (χ1) is 7.04. The molecule has 1 aromatic carbocycles. The molecule has 0 heterocycles. The maximum Gasteiger partial charge on any atom is 0.0424 e. The smallest absolute Gasteiger partial charge is 0.0424 e. The van der Waals surface area contributed by atoms with Gasteiger partial charge in [-0.05, 0) is 36.1 Å². The summed E-state index contributed by atoms with van der Waals surface area (Å²) in [5.41, 5.74) is 7.17. The molecule has 2 unspecified atom stereocenters. The summed E-state index contributed by atoms with van der Waals surface area (Å²) in [5.74, 6) is 0.449. The minimum Gasteiger partial charge on any atom is -0.324 e. The van der Waals surface area contributed by atoms with Crippen molar-refractivity contribution in [1.82, 2.24) is 0 Å². The van der Waals surface area contributed by atoms with Gasteiger partial charge in [0.25, 0.3) is 0 Å². The van der Waals surface area contributed by atoms with Gasteiger partial charge in [-0.1, -0.05) is 43.5 Å². The van der Waals surface area contributed by atoms with E-state index in [1.807, 2.05) is 12.1 Å². The van der Waals surface area contributed by atoms with Gasteiger partial charge in [0.15, 0.2) is 0 Å². The van der Waals surface area contributed by atoms with Crippen LogP contribution in [0.3, 0.4) is 0 Å². The fourth-order valence-corrected chi connectivity index (χ4v) is 2.27. The highest BCUT2D eigenvalue weighted by atomic mass is 35.5. The fraction of sp³-hybridized carbons (Fsp3) is 0.500. The number of rotatable bonds is 4. The van der Waals surface area contributed by atoms with Crippen molar-refractivity contribution in [3.05, 3.63) is 33.8 Å². The van der Waals surface area contributed by atoms with Crippen LogP contribution in [0.5, 0.6) is 0 Å². The lowest BCUT2D eigenvalue weighted by Crippen LogP contribution is -2.18. The van der Waals surface area contributed by atoms with Gasteiger partial charge >= 0.3 is 0 Å². The van der Waals surface area contributed by atoms with Crippen molar-refractivity contribution in [2.45, 2.75) is 32.7 Å². The predicted molar refractivity (Wildman–Crippen MR) is 67.5 cm³/mol. The van der Waals surface area contributed by atoms with E-state index in [9.17, 15) is 0 Å². The Bertz CT molecular complexity index is 305. The van der Waals surface area contributed by atoms with Crippen molar-refractivity contribution in [3.63, 3.8) is 0 Å². The van der Waals surface area contributed by atoms with Gasteiger partial charge in [-0.2, -0.15) is 0 Å². The van der Waals surface area contributed by atoms with Gasteiger partial charge in [0, 0.05) is 16.1 Å². The van der Waals surface area contributed by atoms with Crippen LogP contribution in [-0.4, -0.2) is 0 Å². The summed E-state index contributed by atoms with van der Waals surface area (Å²) in [6.07, 6.45) is 2.26. The molecule has 0 aliphatic rings. The van der Waals surface area contributed by atoms with Crippen molar-refractivity contribution in [2.24, 2.45) is 11.7 Å². The summed E-state index contributed by atoms with van der Waals surface area (Å²) in [6.45, 7) is 4.32. The molecule has 0 aromatic heterocycles. The predicted octanol–water partition coefficient (Wildman–Crippen LogP) is 4.43. The van der Waals surface area contributed by atoms with Crippen molar-refractivity contribution < 1.29 is 0 Å². The van der Waals surface area contributed by atoms with E-state index in [1.54, 1.807) is 6.07 Å². The van der Waals surface area contributed by atoms with Gasteiger partial charge < -0.3 is 5.73 Å². The molecule has 0 radical (unpaired) electrons. The SMILES string of the molecule is CCCC(C)C(N)c1cc(Cl)cc(Cl)c1. The molecule has 3 heteroatoms. The molecule has 2 N–H and O–H groups in total. The average molecular weight is 246 g/mol. The van der Waals surface area contributed by atoms with Crippen molar-refractivity contribution >= 4 is 23.2 Å². The molecular formula is C12H17Cl2N. The van der Waals surface area contributed by atoms with E-state index in [-0.39, 0.29) is 6.04 Å². The normalized spacial score (nSPS) is 15.0. The highest BCUT2D eigenvalue weighted by Crippen LogP contribution is 2.28. The third-order valence-corrected chi connectivity index (χ3v) is 3.06. The van der Waals surface area contributed by atoms with Crippen LogP contribution < -0.4 is 5.73 Å². The number of hydrogen-bond donors (Lipinski definition) is 1. The highest BCUT2D eigenvalue weighted by Gasteiger charge is 2.14. The first-order valence-electron chi connectivity index (χ1n) is 5.26. The second-order valence-electron chi connectivity index (χ2n) is 3.99. The zero-order valence-corrected chi connectivity index (χ0v) is 10.6. The molecule has 0 bridgehead atoms. The van der Waals surface area contributed by atoms with Crippen molar-refractivity contribution in [2.75, 3.05) is 0 Å². The standard InChI is InChI=1S/C12H17Cl2N/c1-3-4-8(2)12(15)9-5-10(13)7-11(14)6-9/h5-8,12H,3-4,15H2,1-2H3. The Morgan fingerprint density at radius 2 is 1.73 bits per heavy atom.